The van der Waals surface area contributed by atoms with Gasteiger partial charge >= 0.3 is 0 Å². The van der Waals surface area contributed by atoms with Crippen LogP contribution in [0.25, 0.3) is 0 Å². The van der Waals surface area contributed by atoms with E-state index < -0.39 is 0 Å². The van der Waals surface area contributed by atoms with Crippen molar-refractivity contribution in [1.29, 1.82) is 0 Å². The van der Waals surface area contributed by atoms with Gasteiger partial charge in [0.1, 0.15) is 0 Å². The van der Waals surface area contributed by atoms with Gasteiger partial charge < -0.3 is 16.0 Å². The van der Waals surface area contributed by atoms with Crippen molar-refractivity contribution in [2.75, 3.05) is 36.6 Å². The molecule has 0 aliphatic rings. The van der Waals surface area contributed by atoms with Crippen LogP contribution in [-0.4, -0.2) is 30.4 Å². The third-order valence-corrected chi connectivity index (χ3v) is 3.36. The number of anilines is 3. The average Bonchev–Trinajstić information content (AvgIpc) is 2.92. The van der Waals surface area contributed by atoms with E-state index in [1.165, 1.54) is 0 Å². The minimum absolute atomic E-state index is 0.376. The quantitative estimate of drug-likeness (QED) is 0.794. The normalized spacial score (nSPS) is 12.2. The first kappa shape index (κ1) is 14.2. The molecular weight excluding hydrogens is 250 g/mol. The molecule has 1 aromatic heterocycles. The summed E-state index contributed by atoms with van der Waals surface area (Å²) < 4.78 is 1.98. The van der Waals surface area contributed by atoms with E-state index in [9.17, 15) is 0 Å². The molecule has 1 aromatic carbocycles. The molecule has 0 saturated carbocycles. The second-order valence-corrected chi connectivity index (χ2v) is 5.22. The van der Waals surface area contributed by atoms with Crippen LogP contribution in [-0.2, 0) is 0 Å². The molecule has 0 aliphatic carbocycles. The summed E-state index contributed by atoms with van der Waals surface area (Å²) in [7, 11) is 4.06. The standard InChI is InChI=1S/C15H23N5/c1-12(20-10-4-8-18-20)7-9-17-14-11-13(16)5-6-15(14)19(2)3/h4-6,8,10-12,17H,7,9,16H2,1-3H3. The van der Waals surface area contributed by atoms with Gasteiger partial charge in [0.25, 0.3) is 0 Å². The number of hydrogen-bond donors (Lipinski definition) is 2. The van der Waals surface area contributed by atoms with Gasteiger partial charge in [0.15, 0.2) is 0 Å². The molecule has 0 aliphatic heterocycles. The summed E-state index contributed by atoms with van der Waals surface area (Å²) in [5.74, 6) is 0. The van der Waals surface area contributed by atoms with Crippen molar-refractivity contribution in [3.8, 4) is 0 Å². The Morgan fingerprint density at radius 3 is 2.85 bits per heavy atom. The SMILES string of the molecule is CC(CCNc1cc(N)ccc1N(C)C)n1cccn1. The Kier molecular flexibility index (Phi) is 4.50. The maximum atomic E-state index is 5.86. The largest absolute Gasteiger partial charge is 0.399 e. The zero-order valence-electron chi connectivity index (χ0n) is 12.4. The molecule has 0 amide bonds. The first-order valence-corrected chi connectivity index (χ1v) is 6.88. The Morgan fingerprint density at radius 1 is 1.40 bits per heavy atom. The van der Waals surface area contributed by atoms with Crippen LogP contribution in [0.4, 0.5) is 17.1 Å². The van der Waals surface area contributed by atoms with E-state index in [-0.39, 0.29) is 0 Å². The van der Waals surface area contributed by atoms with Gasteiger partial charge in [-0.3, -0.25) is 4.68 Å². The van der Waals surface area contributed by atoms with Crippen molar-refractivity contribution < 1.29 is 0 Å². The molecule has 20 heavy (non-hydrogen) atoms. The molecule has 2 rings (SSSR count). The molecule has 108 valence electrons. The summed E-state index contributed by atoms with van der Waals surface area (Å²) in [6.07, 6.45) is 4.81. The van der Waals surface area contributed by atoms with Crippen LogP contribution in [0, 0.1) is 0 Å². The lowest BCUT2D eigenvalue weighted by Gasteiger charge is -2.20. The first-order chi connectivity index (χ1) is 9.58. The lowest BCUT2D eigenvalue weighted by Crippen LogP contribution is -2.15. The lowest BCUT2D eigenvalue weighted by molar-refractivity contribution is 0.470. The lowest BCUT2D eigenvalue weighted by atomic mass is 10.2. The highest BCUT2D eigenvalue weighted by atomic mass is 15.3. The molecule has 0 radical (unpaired) electrons. The van der Waals surface area contributed by atoms with Crippen molar-refractivity contribution in [2.24, 2.45) is 0 Å². The summed E-state index contributed by atoms with van der Waals surface area (Å²) in [4.78, 5) is 2.08. The molecule has 5 heteroatoms. The smallest absolute Gasteiger partial charge is 0.0598 e. The predicted octanol–water partition coefficient (Wildman–Crippen LogP) is 2.59. The van der Waals surface area contributed by atoms with E-state index in [2.05, 4.69) is 22.2 Å². The van der Waals surface area contributed by atoms with Gasteiger partial charge in [-0.25, -0.2) is 0 Å². The molecule has 1 atom stereocenters. The van der Waals surface area contributed by atoms with Gasteiger partial charge in [-0.05, 0) is 37.6 Å². The number of aromatic nitrogens is 2. The number of nitrogen functional groups attached to an aromatic ring is 1. The third kappa shape index (κ3) is 3.44. The minimum Gasteiger partial charge on any atom is -0.399 e. The van der Waals surface area contributed by atoms with Crippen LogP contribution in [0.3, 0.4) is 0 Å². The van der Waals surface area contributed by atoms with E-state index in [4.69, 9.17) is 5.73 Å². The molecule has 2 aromatic rings. The van der Waals surface area contributed by atoms with E-state index in [0.717, 1.165) is 30.0 Å². The maximum absolute atomic E-state index is 5.86. The zero-order chi connectivity index (χ0) is 14.5. The molecule has 0 saturated heterocycles. The van der Waals surface area contributed by atoms with Gasteiger partial charge in [0.2, 0.25) is 0 Å². The fourth-order valence-corrected chi connectivity index (χ4v) is 2.17. The molecule has 3 N–H and O–H groups in total. The maximum Gasteiger partial charge on any atom is 0.0598 e. The fraction of sp³-hybridized carbons (Fsp3) is 0.400. The van der Waals surface area contributed by atoms with Crippen LogP contribution in [0.15, 0.2) is 36.7 Å². The van der Waals surface area contributed by atoms with Crippen LogP contribution in [0.5, 0.6) is 0 Å². The Morgan fingerprint density at radius 2 is 2.20 bits per heavy atom. The Labute approximate surface area is 120 Å². The number of hydrogen-bond acceptors (Lipinski definition) is 4. The number of benzene rings is 1. The molecule has 0 fully saturated rings. The highest BCUT2D eigenvalue weighted by Crippen LogP contribution is 2.26. The zero-order valence-corrected chi connectivity index (χ0v) is 12.4. The van der Waals surface area contributed by atoms with Crippen LogP contribution >= 0.6 is 0 Å². The highest BCUT2D eigenvalue weighted by molar-refractivity contribution is 5.73. The third-order valence-electron chi connectivity index (χ3n) is 3.36. The molecular formula is C15H23N5. The van der Waals surface area contributed by atoms with E-state index in [1.807, 2.05) is 55.4 Å². The number of nitrogens with one attached hydrogen (secondary N) is 1. The van der Waals surface area contributed by atoms with E-state index >= 15 is 0 Å². The monoisotopic (exact) mass is 273 g/mol. The second kappa shape index (κ2) is 6.32. The minimum atomic E-state index is 0.376. The molecule has 0 bridgehead atoms. The van der Waals surface area contributed by atoms with Gasteiger partial charge in [0.05, 0.1) is 17.4 Å². The van der Waals surface area contributed by atoms with Crippen LogP contribution in [0.2, 0.25) is 0 Å². The molecule has 0 spiro atoms. The summed E-state index contributed by atoms with van der Waals surface area (Å²) >= 11 is 0. The number of nitrogens with two attached hydrogens (primary N) is 1. The van der Waals surface area contributed by atoms with Gasteiger partial charge in [0, 0.05) is 38.7 Å². The van der Waals surface area contributed by atoms with Gasteiger partial charge in [-0.1, -0.05) is 0 Å². The van der Waals surface area contributed by atoms with Crippen molar-refractivity contribution in [3.05, 3.63) is 36.7 Å². The second-order valence-electron chi connectivity index (χ2n) is 5.22. The fourth-order valence-electron chi connectivity index (χ4n) is 2.17. The van der Waals surface area contributed by atoms with E-state index in [1.54, 1.807) is 0 Å². The molecule has 5 nitrogen and oxygen atoms in total. The van der Waals surface area contributed by atoms with E-state index in [0.29, 0.717) is 6.04 Å². The first-order valence-electron chi connectivity index (χ1n) is 6.88. The Balaban J connectivity index is 1.95. The Bertz CT molecular complexity index is 533. The number of rotatable bonds is 6. The predicted molar refractivity (Wildman–Crippen MR) is 85.2 cm³/mol. The van der Waals surface area contributed by atoms with Crippen molar-refractivity contribution in [1.82, 2.24) is 9.78 Å². The highest BCUT2D eigenvalue weighted by Gasteiger charge is 2.07. The molecule has 1 unspecified atom stereocenters. The van der Waals surface area contributed by atoms with Gasteiger partial charge in [-0.15, -0.1) is 0 Å². The summed E-state index contributed by atoms with van der Waals surface area (Å²) in [5.41, 5.74) is 8.86. The van der Waals surface area contributed by atoms with Gasteiger partial charge in [-0.2, -0.15) is 5.10 Å². The molecule has 1 heterocycles. The van der Waals surface area contributed by atoms with Crippen molar-refractivity contribution >= 4 is 17.1 Å². The van der Waals surface area contributed by atoms with Crippen LogP contribution in [0.1, 0.15) is 19.4 Å². The Hall–Kier alpha value is -2.17. The topological polar surface area (TPSA) is 59.1 Å². The van der Waals surface area contributed by atoms with Crippen molar-refractivity contribution in [2.45, 2.75) is 19.4 Å². The summed E-state index contributed by atoms with van der Waals surface area (Å²) in [6.45, 7) is 3.05. The van der Waals surface area contributed by atoms with Crippen molar-refractivity contribution in [3.63, 3.8) is 0 Å². The summed E-state index contributed by atoms with van der Waals surface area (Å²) in [5, 5.41) is 7.73. The average molecular weight is 273 g/mol. The van der Waals surface area contributed by atoms with Crippen LogP contribution < -0.4 is 16.0 Å². The number of nitrogens with zero attached hydrogens (tertiary/aromatic N) is 3. The summed E-state index contributed by atoms with van der Waals surface area (Å²) in [6, 6.07) is 8.27.